The highest BCUT2D eigenvalue weighted by Gasteiger charge is 2.17. The van der Waals surface area contributed by atoms with Crippen LogP contribution in [0.4, 0.5) is 0 Å². The lowest BCUT2D eigenvalue weighted by atomic mass is 10.2. The van der Waals surface area contributed by atoms with E-state index < -0.39 is 17.9 Å². The van der Waals surface area contributed by atoms with Gasteiger partial charge in [-0.3, -0.25) is 9.59 Å². The van der Waals surface area contributed by atoms with Crippen molar-refractivity contribution in [1.29, 1.82) is 0 Å². The van der Waals surface area contributed by atoms with Crippen LogP contribution < -0.4 is 15.5 Å². The summed E-state index contributed by atoms with van der Waals surface area (Å²) in [6, 6.07) is 8.51. The molecule has 0 aliphatic carbocycles. The second kappa shape index (κ2) is 9.82. The summed E-state index contributed by atoms with van der Waals surface area (Å²) >= 11 is 11.8. The lowest BCUT2D eigenvalue weighted by Crippen LogP contribution is -2.41. The molecule has 0 fully saturated rings. The van der Waals surface area contributed by atoms with Crippen LogP contribution in [-0.2, 0) is 9.59 Å². The van der Waals surface area contributed by atoms with E-state index in [9.17, 15) is 19.8 Å². The van der Waals surface area contributed by atoms with Crippen molar-refractivity contribution in [1.82, 2.24) is 10.7 Å². The normalized spacial score (nSPS) is 11.8. The fourth-order valence-corrected chi connectivity index (χ4v) is 2.43. The molecule has 148 valence electrons. The monoisotopic (exact) mass is 425 g/mol. The summed E-state index contributed by atoms with van der Waals surface area (Å²) in [6.07, 6.45) is 0.298. The van der Waals surface area contributed by atoms with E-state index in [1.54, 1.807) is 6.07 Å². The summed E-state index contributed by atoms with van der Waals surface area (Å²) in [7, 11) is 0. The molecule has 2 aromatic carbocycles. The molecule has 8 nitrogen and oxygen atoms in total. The number of nitrogens with one attached hydrogen (secondary N) is 2. The maximum absolute atomic E-state index is 12.0. The number of hydrogen-bond acceptors (Lipinski definition) is 6. The third-order valence-corrected chi connectivity index (χ3v) is 3.93. The van der Waals surface area contributed by atoms with Crippen molar-refractivity contribution in [2.75, 3.05) is 6.54 Å². The smallest absolute Gasteiger partial charge is 0.261 e. The fraction of sp³-hybridized carbons (Fsp3) is 0.167. The van der Waals surface area contributed by atoms with Gasteiger partial charge in [-0.05, 0) is 37.3 Å². The third-order valence-electron chi connectivity index (χ3n) is 3.40. The highest BCUT2D eigenvalue weighted by molar-refractivity contribution is 6.35. The van der Waals surface area contributed by atoms with Crippen LogP contribution in [0.1, 0.15) is 12.5 Å². The number of carbonyl (C=O) groups is 2. The molecule has 28 heavy (non-hydrogen) atoms. The summed E-state index contributed by atoms with van der Waals surface area (Å²) < 4.78 is 5.44. The Balaban J connectivity index is 1.79. The summed E-state index contributed by atoms with van der Waals surface area (Å²) in [6.45, 7) is 1.17. The van der Waals surface area contributed by atoms with Crippen LogP contribution in [0.5, 0.6) is 17.2 Å². The minimum atomic E-state index is -0.899. The largest absolute Gasteiger partial charge is 0.508 e. The van der Waals surface area contributed by atoms with Crippen molar-refractivity contribution in [3.05, 3.63) is 52.0 Å². The van der Waals surface area contributed by atoms with Gasteiger partial charge in [0.2, 0.25) is 0 Å². The molecule has 2 amide bonds. The minimum absolute atomic E-state index is 0.0994. The number of phenolic OH excluding ortho intramolecular Hbond substituents is 2. The van der Waals surface area contributed by atoms with Crippen LogP contribution in [0.2, 0.25) is 10.0 Å². The highest BCUT2D eigenvalue weighted by atomic mass is 35.5. The molecule has 0 radical (unpaired) electrons. The van der Waals surface area contributed by atoms with Crippen molar-refractivity contribution < 1.29 is 24.5 Å². The van der Waals surface area contributed by atoms with E-state index in [0.29, 0.717) is 10.6 Å². The Bertz CT molecular complexity index is 905. The predicted octanol–water partition coefficient (Wildman–Crippen LogP) is 2.44. The molecule has 0 aliphatic heterocycles. The van der Waals surface area contributed by atoms with Gasteiger partial charge in [0.1, 0.15) is 17.2 Å². The Kier molecular flexibility index (Phi) is 7.48. The zero-order valence-electron chi connectivity index (χ0n) is 14.6. The average Bonchev–Trinajstić information content (AvgIpc) is 2.63. The molecule has 0 bridgehead atoms. The molecular weight excluding hydrogens is 409 g/mol. The molecule has 0 aromatic heterocycles. The third kappa shape index (κ3) is 6.33. The first-order chi connectivity index (χ1) is 13.3. The van der Waals surface area contributed by atoms with Gasteiger partial charge in [0.15, 0.2) is 6.10 Å². The maximum atomic E-state index is 12.0. The van der Waals surface area contributed by atoms with Crippen molar-refractivity contribution in [3.63, 3.8) is 0 Å². The summed E-state index contributed by atoms with van der Waals surface area (Å²) in [5.41, 5.74) is 2.49. The van der Waals surface area contributed by atoms with Gasteiger partial charge in [-0.2, -0.15) is 5.10 Å². The number of halogens is 2. The summed E-state index contributed by atoms with van der Waals surface area (Å²) in [5.74, 6) is -1.12. The number of amides is 2. The molecule has 2 aromatic rings. The molecule has 10 heteroatoms. The molecule has 1 atom stereocenters. The van der Waals surface area contributed by atoms with E-state index in [1.807, 2.05) is 0 Å². The van der Waals surface area contributed by atoms with E-state index >= 15 is 0 Å². The van der Waals surface area contributed by atoms with Gasteiger partial charge in [0.25, 0.3) is 11.8 Å². The molecular formula is C18H17Cl2N3O5. The standard InChI is InChI=1S/C18H17Cl2N3O5/c1-10(28-16-5-3-12(19)6-14(16)20)18(27)21-9-17(26)23-22-8-11-2-4-13(24)7-15(11)25/h2-8,10,24-25H,9H2,1H3,(H,21,27)(H,23,26)/b22-8-/t10-/m1/s1. The predicted molar refractivity (Wildman–Crippen MR) is 105 cm³/mol. The Morgan fingerprint density at radius 1 is 1.21 bits per heavy atom. The zero-order valence-corrected chi connectivity index (χ0v) is 16.2. The molecule has 4 N–H and O–H groups in total. The zero-order chi connectivity index (χ0) is 20.7. The molecule has 2 rings (SSSR count). The highest BCUT2D eigenvalue weighted by Crippen LogP contribution is 2.28. The van der Waals surface area contributed by atoms with Gasteiger partial charge < -0.3 is 20.3 Å². The number of nitrogens with zero attached hydrogens (tertiary/aromatic N) is 1. The number of carbonyl (C=O) groups excluding carboxylic acids is 2. The topological polar surface area (TPSA) is 120 Å². The molecule has 0 unspecified atom stereocenters. The van der Waals surface area contributed by atoms with Crippen molar-refractivity contribution >= 4 is 41.2 Å². The lowest BCUT2D eigenvalue weighted by Gasteiger charge is -2.15. The second-order valence-electron chi connectivity index (χ2n) is 5.59. The average molecular weight is 426 g/mol. The number of phenols is 2. The van der Waals surface area contributed by atoms with Gasteiger partial charge in [-0.25, -0.2) is 5.43 Å². The lowest BCUT2D eigenvalue weighted by molar-refractivity contribution is -0.130. The summed E-state index contributed by atoms with van der Waals surface area (Å²) in [5, 5.41) is 25.6. The number of benzene rings is 2. The number of aromatic hydroxyl groups is 2. The molecule has 0 saturated carbocycles. The van der Waals surface area contributed by atoms with Crippen LogP contribution in [0.25, 0.3) is 0 Å². The van der Waals surface area contributed by atoms with E-state index in [0.717, 1.165) is 6.07 Å². The van der Waals surface area contributed by atoms with Gasteiger partial charge in [0.05, 0.1) is 17.8 Å². The Morgan fingerprint density at radius 3 is 2.64 bits per heavy atom. The van der Waals surface area contributed by atoms with E-state index in [4.69, 9.17) is 27.9 Å². The van der Waals surface area contributed by atoms with Crippen LogP contribution in [0.3, 0.4) is 0 Å². The van der Waals surface area contributed by atoms with Crippen LogP contribution in [0, 0.1) is 0 Å². The van der Waals surface area contributed by atoms with E-state index in [-0.39, 0.29) is 28.8 Å². The first kappa shape index (κ1) is 21.3. The quantitative estimate of drug-likeness (QED) is 0.401. The molecule has 0 aliphatic rings. The van der Waals surface area contributed by atoms with Crippen molar-refractivity contribution in [2.45, 2.75) is 13.0 Å². The maximum Gasteiger partial charge on any atom is 0.261 e. The molecule has 0 spiro atoms. The second-order valence-corrected chi connectivity index (χ2v) is 6.43. The number of hydrogen-bond donors (Lipinski definition) is 4. The first-order valence-electron chi connectivity index (χ1n) is 7.99. The van der Waals surface area contributed by atoms with Crippen molar-refractivity contribution in [2.24, 2.45) is 5.10 Å². The van der Waals surface area contributed by atoms with Gasteiger partial charge in [-0.15, -0.1) is 0 Å². The van der Waals surface area contributed by atoms with E-state index in [2.05, 4.69) is 15.8 Å². The molecule has 0 heterocycles. The van der Waals surface area contributed by atoms with Gasteiger partial charge >= 0.3 is 0 Å². The van der Waals surface area contributed by atoms with E-state index in [1.165, 1.54) is 37.4 Å². The fourth-order valence-electron chi connectivity index (χ4n) is 1.98. The number of rotatable bonds is 7. The van der Waals surface area contributed by atoms with Gasteiger partial charge in [-0.1, -0.05) is 23.2 Å². The van der Waals surface area contributed by atoms with Gasteiger partial charge in [0, 0.05) is 16.7 Å². The first-order valence-corrected chi connectivity index (χ1v) is 8.75. The van der Waals surface area contributed by atoms with Crippen LogP contribution in [0.15, 0.2) is 41.5 Å². The minimum Gasteiger partial charge on any atom is -0.508 e. The Hall–Kier alpha value is -2.97. The number of ether oxygens (including phenoxy) is 1. The van der Waals surface area contributed by atoms with Crippen molar-refractivity contribution in [3.8, 4) is 17.2 Å². The van der Waals surface area contributed by atoms with Crippen LogP contribution >= 0.6 is 23.2 Å². The summed E-state index contributed by atoms with van der Waals surface area (Å²) in [4.78, 5) is 23.8. The SMILES string of the molecule is C[C@@H](Oc1ccc(Cl)cc1Cl)C(=O)NCC(=O)N/N=C\c1ccc(O)cc1O. The Morgan fingerprint density at radius 2 is 1.96 bits per heavy atom. The Labute approximate surface area is 170 Å². The number of hydrazone groups is 1. The molecule has 0 saturated heterocycles. The van der Waals surface area contributed by atoms with Crippen LogP contribution in [-0.4, -0.2) is 40.9 Å².